The average Bonchev–Trinajstić information content (AvgIpc) is 3.39. The van der Waals surface area contributed by atoms with Gasteiger partial charge in [0.05, 0.1) is 16.4 Å². The molecule has 4 nitrogen and oxygen atoms in total. The van der Waals surface area contributed by atoms with Gasteiger partial charge in [-0.15, -0.1) is 10.2 Å². The molecule has 0 saturated heterocycles. The van der Waals surface area contributed by atoms with Crippen LogP contribution in [0.25, 0.3) is 27.6 Å². The Morgan fingerprint density at radius 1 is 0.889 bits per heavy atom. The van der Waals surface area contributed by atoms with Crippen LogP contribution in [0.3, 0.4) is 0 Å². The summed E-state index contributed by atoms with van der Waals surface area (Å²) in [7, 11) is 0. The van der Waals surface area contributed by atoms with Crippen molar-refractivity contribution in [3.63, 3.8) is 0 Å². The predicted molar refractivity (Wildman–Crippen MR) is 149 cm³/mol. The second-order valence-corrected chi connectivity index (χ2v) is 11.2. The molecule has 36 heavy (non-hydrogen) atoms. The van der Waals surface area contributed by atoms with E-state index in [4.69, 9.17) is 39.9 Å². The SMILES string of the molecule is CCc1c(-c2nnc(C3(c4ccccc4)CC3)s2)nn(-c2ccc(Cl)cc2Cl)c1-c1ccc(Cl)cc1. The summed E-state index contributed by atoms with van der Waals surface area (Å²) in [6.07, 6.45) is 2.92. The summed E-state index contributed by atoms with van der Waals surface area (Å²) in [5.41, 5.74) is 5.85. The van der Waals surface area contributed by atoms with Crippen molar-refractivity contribution in [2.24, 2.45) is 0 Å². The summed E-state index contributed by atoms with van der Waals surface area (Å²) in [6.45, 7) is 2.13. The molecule has 0 spiro atoms. The van der Waals surface area contributed by atoms with Gasteiger partial charge in [-0.1, -0.05) is 95.5 Å². The standard InChI is InChI=1S/C28H21Cl3N4S/c1-2-21-24(26-32-33-27(36-26)28(14-15-28)18-6-4-3-5-7-18)34-35(23-13-12-20(30)16-22(23)31)25(21)17-8-10-19(29)11-9-17/h3-13,16H,2,14-15H2,1H3. The molecular formula is C28H21Cl3N4S. The Morgan fingerprint density at radius 2 is 1.61 bits per heavy atom. The molecule has 0 unspecified atom stereocenters. The van der Waals surface area contributed by atoms with Crippen molar-refractivity contribution in [2.45, 2.75) is 31.6 Å². The zero-order chi connectivity index (χ0) is 24.9. The molecule has 0 atom stereocenters. The molecule has 1 aliphatic rings. The van der Waals surface area contributed by atoms with Gasteiger partial charge in [-0.25, -0.2) is 4.68 Å². The molecular weight excluding hydrogens is 531 g/mol. The first-order chi connectivity index (χ1) is 17.5. The Morgan fingerprint density at radius 3 is 2.28 bits per heavy atom. The molecule has 1 saturated carbocycles. The van der Waals surface area contributed by atoms with E-state index in [-0.39, 0.29) is 5.41 Å². The number of rotatable bonds is 6. The van der Waals surface area contributed by atoms with Crippen molar-refractivity contribution in [3.8, 4) is 27.6 Å². The Hall–Kier alpha value is -2.70. The minimum Gasteiger partial charge on any atom is -0.231 e. The third-order valence-corrected chi connectivity index (χ3v) is 8.63. The van der Waals surface area contributed by atoms with Gasteiger partial charge >= 0.3 is 0 Å². The number of nitrogens with zero attached hydrogens (tertiary/aromatic N) is 4. The molecule has 1 aliphatic carbocycles. The van der Waals surface area contributed by atoms with Crippen LogP contribution < -0.4 is 0 Å². The van der Waals surface area contributed by atoms with E-state index < -0.39 is 0 Å². The van der Waals surface area contributed by atoms with Crippen molar-refractivity contribution >= 4 is 46.1 Å². The van der Waals surface area contributed by atoms with Crippen molar-refractivity contribution in [1.29, 1.82) is 0 Å². The zero-order valence-electron chi connectivity index (χ0n) is 19.4. The largest absolute Gasteiger partial charge is 0.231 e. The Balaban J connectivity index is 1.52. The number of hydrogen-bond donors (Lipinski definition) is 0. The maximum atomic E-state index is 6.65. The summed E-state index contributed by atoms with van der Waals surface area (Å²) in [4.78, 5) is 0. The molecule has 3 aromatic carbocycles. The highest BCUT2D eigenvalue weighted by Gasteiger charge is 2.49. The molecule has 6 rings (SSSR count). The Labute approximate surface area is 228 Å². The van der Waals surface area contributed by atoms with Crippen LogP contribution in [0, 0.1) is 0 Å². The molecule has 0 radical (unpaired) electrons. The molecule has 1 fully saturated rings. The van der Waals surface area contributed by atoms with Crippen molar-refractivity contribution in [3.05, 3.63) is 104 Å². The first-order valence-corrected chi connectivity index (χ1v) is 13.7. The van der Waals surface area contributed by atoms with E-state index in [0.29, 0.717) is 15.1 Å². The number of aromatic nitrogens is 4. The first-order valence-electron chi connectivity index (χ1n) is 11.7. The van der Waals surface area contributed by atoms with Crippen molar-refractivity contribution in [1.82, 2.24) is 20.0 Å². The number of hydrogen-bond acceptors (Lipinski definition) is 4. The maximum Gasteiger partial charge on any atom is 0.168 e. The van der Waals surface area contributed by atoms with Crippen LogP contribution in [0.5, 0.6) is 0 Å². The van der Waals surface area contributed by atoms with Gasteiger partial charge in [0.1, 0.15) is 10.7 Å². The summed E-state index contributed by atoms with van der Waals surface area (Å²) >= 11 is 20.7. The van der Waals surface area contributed by atoms with Crippen LogP contribution in [0.1, 0.15) is 35.9 Å². The van der Waals surface area contributed by atoms with E-state index in [1.165, 1.54) is 5.56 Å². The highest BCUT2D eigenvalue weighted by molar-refractivity contribution is 7.14. The molecule has 0 N–H and O–H groups in total. The second kappa shape index (κ2) is 9.31. The van der Waals surface area contributed by atoms with E-state index in [0.717, 1.165) is 57.5 Å². The molecule has 2 aromatic heterocycles. The molecule has 180 valence electrons. The summed E-state index contributed by atoms with van der Waals surface area (Å²) in [5, 5.41) is 18.0. The summed E-state index contributed by atoms with van der Waals surface area (Å²) in [5.74, 6) is 0. The lowest BCUT2D eigenvalue weighted by Crippen LogP contribution is -2.07. The summed E-state index contributed by atoms with van der Waals surface area (Å²) < 4.78 is 1.89. The van der Waals surface area contributed by atoms with Crippen LogP contribution >= 0.6 is 46.1 Å². The van der Waals surface area contributed by atoms with Gasteiger partial charge in [-0.3, -0.25) is 0 Å². The van der Waals surface area contributed by atoms with Gasteiger partial charge in [0.2, 0.25) is 0 Å². The monoisotopic (exact) mass is 550 g/mol. The van der Waals surface area contributed by atoms with Crippen LogP contribution in [-0.4, -0.2) is 20.0 Å². The molecule has 8 heteroatoms. The Bertz CT molecular complexity index is 1550. The van der Waals surface area contributed by atoms with E-state index >= 15 is 0 Å². The van der Waals surface area contributed by atoms with Gasteiger partial charge in [-0.05, 0) is 55.2 Å². The van der Waals surface area contributed by atoms with Gasteiger partial charge in [0.25, 0.3) is 0 Å². The van der Waals surface area contributed by atoms with E-state index in [9.17, 15) is 0 Å². The third-order valence-electron chi connectivity index (χ3n) is 6.71. The van der Waals surface area contributed by atoms with Gasteiger partial charge in [0.15, 0.2) is 5.01 Å². The highest BCUT2D eigenvalue weighted by atomic mass is 35.5. The van der Waals surface area contributed by atoms with Gasteiger partial charge in [-0.2, -0.15) is 5.10 Å². The van der Waals surface area contributed by atoms with E-state index in [1.54, 1.807) is 17.4 Å². The number of halogens is 3. The van der Waals surface area contributed by atoms with Crippen molar-refractivity contribution < 1.29 is 0 Å². The van der Waals surface area contributed by atoms with E-state index in [1.807, 2.05) is 47.1 Å². The van der Waals surface area contributed by atoms with Crippen LogP contribution in [0.2, 0.25) is 15.1 Å². The fourth-order valence-electron chi connectivity index (χ4n) is 4.71. The van der Waals surface area contributed by atoms with Crippen molar-refractivity contribution in [2.75, 3.05) is 0 Å². The number of benzene rings is 3. The molecule has 5 aromatic rings. The molecule has 0 amide bonds. The maximum absolute atomic E-state index is 6.65. The average molecular weight is 552 g/mol. The predicted octanol–water partition coefficient (Wildman–Crippen LogP) is 8.66. The van der Waals surface area contributed by atoms with Crippen LogP contribution in [0.4, 0.5) is 0 Å². The smallest absolute Gasteiger partial charge is 0.168 e. The topological polar surface area (TPSA) is 43.6 Å². The third kappa shape index (κ3) is 4.04. The zero-order valence-corrected chi connectivity index (χ0v) is 22.5. The molecule has 0 aliphatic heterocycles. The molecule has 0 bridgehead atoms. The normalized spacial score (nSPS) is 14.2. The summed E-state index contributed by atoms with van der Waals surface area (Å²) in [6, 6.07) is 23.8. The van der Waals surface area contributed by atoms with Crippen LogP contribution in [0.15, 0.2) is 72.8 Å². The lowest BCUT2D eigenvalue weighted by molar-refractivity contribution is 0.806. The van der Waals surface area contributed by atoms with E-state index in [2.05, 4.69) is 41.4 Å². The van der Waals surface area contributed by atoms with Gasteiger partial charge < -0.3 is 0 Å². The highest BCUT2D eigenvalue weighted by Crippen LogP contribution is 2.55. The van der Waals surface area contributed by atoms with Crippen LogP contribution in [-0.2, 0) is 11.8 Å². The molecule has 2 heterocycles. The lowest BCUT2D eigenvalue weighted by atomic mass is 9.97. The Kier molecular flexibility index (Phi) is 6.12. The fourth-order valence-corrected chi connectivity index (χ4v) is 6.45. The minimum atomic E-state index is -0.0371. The van der Waals surface area contributed by atoms with Gasteiger partial charge in [0, 0.05) is 26.6 Å². The minimum absolute atomic E-state index is 0.0371. The second-order valence-electron chi connectivity index (χ2n) is 8.90. The first kappa shape index (κ1) is 23.7. The fraction of sp³-hybridized carbons (Fsp3) is 0.179. The lowest BCUT2D eigenvalue weighted by Gasteiger charge is -2.11. The quantitative estimate of drug-likeness (QED) is 0.212.